The van der Waals surface area contributed by atoms with Gasteiger partial charge < -0.3 is 9.84 Å². The Bertz CT molecular complexity index is 1010. The Morgan fingerprint density at radius 3 is 3.00 bits per heavy atom. The molecule has 1 aliphatic carbocycles. The molecule has 0 saturated heterocycles. The van der Waals surface area contributed by atoms with Gasteiger partial charge in [0.05, 0.1) is 6.20 Å². The molecule has 126 valence electrons. The summed E-state index contributed by atoms with van der Waals surface area (Å²) in [7, 11) is 0. The van der Waals surface area contributed by atoms with Crippen LogP contribution in [-0.4, -0.2) is 26.0 Å². The van der Waals surface area contributed by atoms with Gasteiger partial charge in [-0.05, 0) is 25.0 Å². The van der Waals surface area contributed by atoms with Crippen LogP contribution in [0.15, 0.2) is 39.8 Å². The molecule has 3 aromatic rings. The molecule has 25 heavy (non-hydrogen) atoms. The lowest BCUT2D eigenvalue weighted by molar-refractivity contribution is 0.102. The van der Waals surface area contributed by atoms with E-state index in [2.05, 4.69) is 25.4 Å². The summed E-state index contributed by atoms with van der Waals surface area (Å²) >= 11 is 0. The maximum atomic E-state index is 13.6. The Kier molecular flexibility index (Phi) is 3.60. The lowest BCUT2D eigenvalue weighted by Crippen LogP contribution is -2.19. The molecule has 8 nitrogen and oxygen atoms in total. The predicted octanol–water partition coefficient (Wildman–Crippen LogP) is 2.09. The van der Waals surface area contributed by atoms with E-state index in [1.54, 1.807) is 24.3 Å². The number of H-pyrrole nitrogens is 1. The van der Waals surface area contributed by atoms with Gasteiger partial charge in [0.2, 0.25) is 11.7 Å². The highest BCUT2D eigenvalue weighted by molar-refractivity contribution is 6.04. The van der Waals surface area contributed by atoms with Crippen molar-refractivity contribution in [1.29, 1.82) is 0 Å². The molecule has 0 unspecified atom stereocenters. The van der Waals surface area contributed by atoms with Gasteiger partial charge in [0.1, 0.15) is 0 Å². The standard InChI is InChI=1S/C16H12FN5O3/c17-11-7-18-16(24)21-13(11)19-14(23)10-3-1-2-9(6-10)12-20-15(25-22-12)8-4-5-8/h1-3,6-8H,4-5H2,(H2,18,19,21,23,24). The number of nitrogens with one attached hydrogen (secondary N) is 2. The number of anilines is 1. The number of benzene rings is 1. The Labute approximate surface area is 140 Å². The number of aromatic nitrogens is 4. The van der Waals surface area contributed by atoms with E-state index in [-0.39, 0.29) is 11.4 Å². The fourth-order valence-corrected chi connectivity index (χ4v) is 2.30. The van der Waals surface area contributed by atoms with Crippen LogP contribution in [0.25, 0.3) is 11.4 Å². The van der Waals surface area contributed by atoms with Crippen molar-refractivity contribution in [1.82, 2.24) is 20.1 Å². The Hall–Kier alpha value is -3.36. The highest BCUT2D eigenvalue weighted by atomic mass is 19.1. The van der Waals surface area contributed by atoms with E-state index in [0.717, 1.165) is 19.0 Å². The topological polar surface area (TPSA) is 114 Å². The van der Waals surface area contributed by atoms with Gasteiger partial charge in [-0.15, -0.1) is 0 Å². The third-order valence-corrected chi connectivity index (χ3v) is 3.76. The number of halogens is 1. The number of nitrogens with zero attached hydrogens (tertiary/aromatic N) is 3. The predicted molar refractivity (Wildman–Crippen MR) is 84.5 cm³/mol. The van der Waals surface area contributed by atoms with Crippen LogP contribution in [0.4, 0.5) is 10.2 Å². The van der Waals surface area contributed by atoms with Gasteiger partial charge in [-0.2, -0.15) is 9.97 Å². The van der Waals surface area contributed by atoms with Gasteiger partial charge in [-0.25, -0.2) is 9.18 Å². The largest absolute Gasteiger partial charge is 0.346 e. The molecule has 0 aliphatic heterocycles. The first kappa shape index (κ1) is 15.2. The van der Waals surface area contributed by atoms with E-state index in [9.17, 15) is 14.0 Å². The summed E-state index contributed by atoms with van der Waals surface area (Å²) in [5.74, 6) is -0.448. The molecule has 1 saturated carbocycles. The van der Waals surface area contributed by atoms with E-state index in [0.29, 0.717) is 23.2 Å². The molecule has 1 fully saturated rings. The van der Waals surface area contributed by atoms with Crippen molar-refractivity contribution >= 4 is 11.7 Å². The van der Waals surface area contributed by atoms with E-state index < -0.39 is 17.4 Å². The van der Waals surface area contributed by atoms with Gasteiger partial charge in [0.25, 0.3) is 5.91 Å². The fourth-order valence-electron chi connectivity index (χ4n) is 2.30. The van der Waals surface area contributed by atoms with Crippen molar-refractivity contribution in [2.45, 2.75) is 18.8 Å². The summed E-state index contributed by atoms with van der Waals surface area (Å²) in [4.78, 5) is 33.1. The monoisotopic (exact) mass is 341 g/mol. The lowest BCUT2D eigenvalue weighted by Gasteiger charge is -2.06. The summed E-state index contributed by atoms with van der Waals surface area (Å²) in [5.41, 5.74) is 0.101. The van der Waals surface area contributed by atoms with Crippen molar-refractivity contribution < 1.29 is 13.7 Å². The summed E-state index contributed by atoms with van der Waals surface area (Å²) in [6.45, 7) is 0. The van der Waals surface area contributed by atoms with Crippen molar-refractivity contribution in [3.8, 4) is 11.4 Å². The minimum atomic E-state index is -0.837. The number of carbonyl (C=O) groups excluding carboxylic acids is 1. The minimum absolute atomic E-state index is 0.257. The van der Waals surface area contributed by atoms with E-state index in [1.807, 2.05) is 0 Å². The number of hydrogen-bond donors (Lipinski definition) is 2. The zero-order valence-corrected chi connectivity index (χ0v) is 12.8. The van der Waals surface area contributed by atoms with E-state index >= 15 is 0 Å². The molecule has 0 atom stereocenters. The van der Waals surface area contributed by atoms with Crippen molar-refractivity contribution in [2.75, 3.05) is 5.32 Å². The Balaban J connectivity index is 1.58. The number of rotatable bonds is 4. The van der Waals surface area contributed by atoms with Gasteiger partial charge in [0.15, 0.2) is 11.6 Å². The zero-order chi connectivity index (χ0) is 17.4. The Morgan fingerprint density at radius 2 is 2.20 bits per heavy atom. The van der Waals surface area contributed by atoms with Crippen LogP contribution in [0, 0.1) is 5.82 Å². The molecule has 1 aliphatic rings. The second-order valence-corrected chi connectivity index (χ2v) is 5.68. The van der Waals surface area contributed by atoms with Gasteiger partial charge in [-0.1, -0.05) is 17.3 Å². The van der Waals surface area contributed by atoms with E-state index in [4.69, 9.17) is 4.52 Å². The Morgan fingerprint density at radius 1 is 1.36 bits per heavy atom. The average Bonchev–Trinajstić information content (AvgIpc) is 3.35. The van der Waals surface area contributed by atoms with E-state index in [1.165, 1.54) is 0 Å². The second-order valence-electron chi connectivity index (χ2n) is 5.68. The summed E-state index contributed by atoms with van der Waals surface area (Å²) < 4.78 is 18.8. The SMILES string of the molecule is O=C(Nc1[nH]c(=O)ncc1F)c1cccc(-c2noc(C3CC3)n2)c1. The first-order chi connectivity index (χ1) is 12.1. The van der Waals surface area contributed by atoms with Crippen molar-refractivity contribution in [3.05, 3.63) is 58.2 Å². The molecule has 2 heterocycles. The van der Waals surface area contributed by atoms with Crippen LogP contribution >= 0.6 is 0 Å². The minimum Gasteiger partial charge on any atom is -0.339 e. The normalized spacial score (nSPS) is 13.6. The first-order valence-corrected chi connectivity index (χ1v) is 7.60. The maximum absolute atomic E-state index is 13.6. The molecular formula is C16H12FN5O3. The summed E-state index contributed by atoms with van der Waals surface area (Å²) in [5, 5.41) is 6.23. The first-order valence-electron chi connectivity index (χ1n) is 7.60. The second kappa shape index (κ2) is 5.93. The van der Waals surface area contributed by atoms with Crippen LogP contribution in [0.3, 0.4) is 0 Å². The third kappa shape index (κ3) is 3.16. The van der Waals surface area contributed by atoms with Gasteiger partial charge in [-0.3, -0.25) is 9.78 Å². The van der Waals surface area contributed by atoms with Crippen LogP contribution in [-0.2, 0) is 0 Å². The summed E-state index contributed by atoms with van der Waals surface area (Å²) in [6.07, 6.45) is 2.82. The van der Waals surface area contributed by atoms with Crippen LogP contribution in [0.2, 0.25) is 0 Å². The van der Waals surface area contributed by atoms with Gasteiger partial charge in [0, 0.05) is 17.0 Å². The summed E-state index contributed by atoms with van der Waals surface area (Å²) in [6, 6.07) is 6.52. The molecule has 2 aromatic heterocycles. The molecule has 0 bridgehead atoms. The smallest absolute Gasteiger partial charge is 0.339 e. The highest BCUT2D eigenvalue weighted by Crippen LogP contribution is 2.39. The number of amides is 1. The van der Waals surface area contributed by atoms with Crippen LogP contribution in [0.1, 0.15) is 35.0 Å². The molecule has 4 rings (SSSR count). The number of carbonyl (C=O) groups is 1. The fraction of sp³-hybridized carbons (Fsp3) is 0.188. The third-order valence-electron chi connectivity index (χ3n) is 3.76. The number of aromatic amines is 1. The molecule has 1 aromatic carbocycles. The molecular weight excluding hydrogens is 329 g/mol. The molecule has 2 N–H and O–H groups in total. The van der Waals surface area contributed by atoms with Crippen LogP contribution < -0.4 is 11.0 Å². The van der Waals surface area contributed by atoms with Crippen molar-refractivity contribution in [3.63, 3.8) is 0 Å². The van der Waals surface area contributed by atoms with Gasteiger partial charge >= 0.3 is 5.69 Å². The molecule has 9 heteroatoms. The maximum Gasteiger partial charge on any atom is 0.346 e. The molecule has 0 spiro atoms. The van der Waals surface area contributed by atoms with Crippen molar-refractivity contribution in [2.24, 2.45) is 0 Å². The quantitative estimate of drug-likeness (QED) is 0.751. The molecule has 1 amide bonds. The average molecular weight is 341 g/mol. The lowest BCUT2D eigenvalue weighted by atomic mass is 10.1. The molecule has 0 radical (unpaired) electrons. The zero-order valence-electron chi connectivity index (χ0n) is 12.8. The van der Waals surface area contributed by atoms with Crippen LogP contribution in [0.5, 0.6) is 0 Å². The number of hydrogen-bond acceptors (Lipinski definition) is 6. The highest BCUT2D eigenvalue weighted by Gasteiger charge is 2.29.